The quantitative estimate of drug-likeness (QED) is 0.422. The summed E-state index contributed by atoms with van der Waals surface area (Å²) in [5, 5.41) is 3.60. The monoisotopic (exact) mass is 577 g/mol. The number of anilines is 1. The van der Waals surface area contributed by atoms with Gasteiger partial charge in [0.1, 0.15) is 12.6 Å². The number of benzene rings is 2. The molecule has 1 heterocycles. The summed E-state index contributed by atoms with van der Waals surface area (Å²) >= 11 is 6.44. The molecule has 2 aromatic rings. The van der Waals surface area contributed by atoms with Crippen LogP contribution in [0.25, 0.3) is 0 Å². The first-order chi connectivity index (χ1) is 18.7. The Morgan fingerprint density at radius 2 is 1.77 bits per heavy atom. The number of fused-ring (bicyclic) bond motifs is 1. The smallest absolute Gasteiger partial charge is 0.244 e. The maximum Gasteiger partial charge on any atom is 0.244 e. The van der Waals surface area contributed by atoms with Gasteiger partial charge in [0.2, 0.25) is 28.6 Å². The van der Waals surface area contributed by atoms with E-state index in [2.05, 4.69) is 5.32 Å². The minimum absolute atomic E-state index is 0.0398. The number of rotatable bonds is 11. The average molecular weight is 578 g/mol. The molecule has 0 saturated heterocycles. The van der Waals surface area contributed by atoms with E-state index in [1.807, 2.05) is 13.0 Å². The molecule has 9 nitrogen and oxygen atoms in total. The summed E-state index contributed by atoms with van der Waals surface area (Å²) in [5.74, 6) is -0.0429. The molecule has 1 saturated carbocycles. The summed E-state index contributed by atoms with van der Waals surface area (Å²) in [6, 6.07) is 11.2. The molecule has 1 N–H and O–H groups in total. The van der Waals surface area contributed by atoms with Gasteiger partial charge in [-0.15, -0.1) is 0 Å². The third kappa shape index (κ3) is 6.97. The Kier molecular flexibility index (Phi) is 9.61. The highest BCUT2D eigenvalue weighted by atomic mass is 35.5. The molecule has 2 aliphatic rings. The summed E-state index contributed by atoms with van der Waals surface area (Å²) in [4.78, 5) is 28.9. The fraction of sp³-hybridized carbons (Fsp3) is 0.500. The summed E-state index contributed by atoms with van der Waals surface area (Å²) in [5.41, 5.74) is 0.955. The molecule has 2 amide bonds. The van der Waals surface area contributed by atoms with Gasteiger partial charge in [-0.3, -0.25) is 13.9 Å². The first-order valence-corrected chi connectivity index (χ1v) is 15.5. The van der Waals surface area contributed by atoms with E-state index in [9.17, 15) is 18.0 Å². The van der Waals surface area contributed by atoms with Crippen molar-refractivity contribution in [2.75, 3.05) is 23.4 Å². The van der Waals surface area contributed by atoms with Gasteiger partial charge in [-0.1, -0.05) is 56.0 Å². The fourth-order valence-corrected chi connectivity index (χ4v) is 6.28. The predicted molar refractivity (Wildman–Crippen MR) is 150 cm³/mol. The van der Waals surface area contributed by atoms with Crippen LogP contribution in [-0.2, 0) is 26.2 Å². The van der Waals surface area contributed by atoms with Crippen molar-refractivity contribution in [3.8, 4) is 11.5 Å². The van der Waals surface area contributed by atoms with Crippen molar-refractivity contribution in [3.63, 3.8) is 0 Å². The Labute approximate surface area is 235 Å². The van der Waals surface area contributed by atoms with Crippen molar-refractivity contribution in [2.24, 2.45) is 0 Å². The molecule has 0 bridgehead atoms. The standard InChI is InChI=1S/C28H36ClN3O6S/c1-3-24(28(34)30-21-11-6-5-7-12-21)31(17-20-10-8-9-13-23(20)29)27(33)18-32(39(35,36)4-2)22-14-15-25-26(16-22)38-19-37-25/h8-10,13-16,21,24H,3-7,11-12,17-19H2,1-2H3,(H,30,34)/t24-/m1/s1. The highest BCUT2D eigenvalue weighted by molar-refractivity contribution is 7.92. The third-order valence-electron chi connectivity index (χ3n) is 7.26. The van der Waals surface area contributed by atoms with E-state index in [1.165, 1.54) is 11.8 Å². The number of hydrogen-bond acceptors (Lipinski definition) is 6. The van der Waals surface area contributed by atoms with E-state index in [4.69, 9.17) is 21.1 Å². The van der Waals surface area contributed by atoms with Gasteiger partial charge in [-0.25, -0.2) is 8.42 Å². The zero-order chi connectivity index (χ0) is 28.0. The van der Waals surface area contributed by atoms with Gasteiger partial charge in [0.05, 0.1) is 11.4 Å². The minimum atomic E-state index is -3.85. The predicted octanol–water partition coefficient (Wildman–Crippen LogP) is 4.48. The average Bonchev–Trinajstić information content (AvgIpc) is 3.41. The van der Waals surface area contributed by atoms with Gasteiger partial charge in [-0.2, -0.15) is 0 Å². The number of carbonyl (C=O) groups excluding carboxylic acids is 2. The Morgan fingerprint density at radius 3 is 2.46 bits per heavy atom. The Bertz CT molecular complexity index is 1280. The second-order valence-corrected chi connectivity index (χ2v) is 12.4. The highest BCUT2D eigenvalue weighted by Crippen LogP contribution is 2.36. The molecule has 11 heteroatoms. The van der Waals surface area contributed by atoms with Gasteiger partial charge in [0.15, 0.2) is 11.5 Å². The number of amides is 2. The molecule has 1 aliphatic heterocycles. The normalized spacial score (nSPS) is 16.0. The molecule has 0 unspecified atom stereocenters. The third-order valence-corrected chi connectivity index (χ3v) is 9.37. The molecule has 1 fully saturated rings. The lowest BCUT2D eigenvalue weighted by atomic mass is 9.95. The van der Waals surface area contributed by atoms with Crippen molar-refractivity contribution >= 4 is 39.1 Å². The Morgan fingerprint density at radius 1 is 1.05 bits per heavy atom. The lowest BCUT2D eigenvalue weighted by Gasteiger charge is -2.34. The van der Waals surface area contributed by atoms with Gasteiger partial charge in [0, 0.05) is 23.7 Å². The van der Waals surface area contributed by atoms with E-state index in [0.717, 1.165) is 36.4 Å². The molecule has 2 aromatic carbocycles. The molecular weight excluding hydrogens is 542 g/mol. The van der Waals surface area contributed by atoms with Crippen LogP contribution >= 0.6 is 11.6 Å². The molecule has 212 valence electrons. The fourth-order valence-electron chi connectivity index (χ4n) is 5.03. The second-order valence-electron chi connectivity index (χ2n) is 9.83. The summed E-state index contributed by atoms with van der Waals surface area (Å²) in [6.45, 7) is 2.99. The minimum Gasteiger partial charge on any atom is -0.454 e. The highest BCUT2D eigenvalue weighted by Gasteiger charge is 2.34. The molecule has 39 heavy (non-hydrogen) atoms. The Balaban J connectivity index is 1.65. The number of carbonyl (C=O) groups is 2. The molecule has 0 aromatic heterocycles. The maximum atomic E-state index is 14.0. The molecule has 0 spiro atoms. The number of sulfonamides is 1. The zero-order valence-corrected chi connectivity index (χ0v) is 24.0. The zero-order valence-electron chi connectivity index (χ0n) is 22.4. The van der Waals surface area contributed by atoms with Crippen LogP contribution in [0.15, 0.2) is 42.5 Å². The maximum absolute atomic E-state index is 14.0. The number of nitrogens with one attached hydrogen (secondary N) is 1. The van der Waals surface area contributed by atoms with Gasteiger partial charge < -0.3 is 19.7 Å². The molecular formula is C28H36ClN3O6S. The molecule has 0 radical (unpaired) electrons. The SMILES string of the molecule is CC[C@H](C(=O)NC1CCCCC1)N(Cc1ccccc1Cl)C(=O)CN(c1ccc2c(c1)OCO2)S(=O)(=O)CC. The van der Waals surface area contributed by atoms with Crippen LogP contribution in [0.5, 0.6) is 11.5 Å². The molecule has 4 rings (SSSR count). The Hall–Kier alpha value is -2.98. The first kappa shape index (κ1) is 29.0. The topological polar surface area (TPSA) is 105 Å². The van der Waals surface area contributed by atoms with Crippen LogP contribution in [0.3, 0.4) is 0 Å². The van der Waals surface area contributed by atoms with Crippen LogP contribution in [0.2, 0.25) is 5.02 Å². The molecule has 1 atom stereocenters. The first-order valence-electron chi connectivity index (χ1n) is 13.5. The largest absolute Gasteiger partial charge is 0.454 e. The van der Waals surface area contributed by atoms with E-state index in [-0.39, 0.29) is 36.7 Å². The van der Waals surface area contributed by atoms with Crippen LogP contribution < -0.4 is 19.1 Å². The van der Waals surface area contributed by atoms with Crippen molar-refractivity contribution in [3.05, 3.63) is 53.1 Å². The van der Waals surface area contributed by atoms with Crippen LogP contribution in [0.1, 0.15) is 57.9 Å². The number of ether oxygens (including phenoxy) is 2. The van der Waals surface area contributed by atoms with E-state index < -0.39 is 28.5 Å². The van der Waals surface area contributed by atoms with Crippen LogP contribution in [-0.4, -0.2) is 56.3 Å². The van der Waals surface area contributed by atoms with E-state index >= 15 is 0 Å². The van der Waals surface area contributed by atoms with Gasteiger partial charge >= 0.3 is 0 Å². The van der Waals surface area contributed by atoms with Crippen LogP contribution in [0, 0.1) is 0 Å². The van der Waals surface area contributed by atoms with Gasteiger partial charge in [0.25, 0.3) is 0 Å². The van der Waals surface area contributed by atoms with E-state index in [0.29, 0.717) is 28.5 Å². The number of nitrogens with zero attached hydrogens (tertiary/aromatic N) is 2. The van der Waals surface area contributed by atoms with Crippen LogP contribution in [0.4, 0.5) is 5.69 Å². The van der Waals surface area contributed by atoms with E-state index in [1.54, 1.807) is 36.4 Å². The van der Waals surface area contributed by atoms with Crippen molar-refractivity contribution in [2.45, 2.75) is 71.0 Å². The summed E-state index contributed by atoms with van der Waals surface area (Å²) in [6.07, 6.45) is 5.45. The van der Waals surface area contributed by atoms with Crippen molar-refractivity contribution < 1.29 is 27.5 Å². The van der Waals surface area contributed by atoms with Gasteiger partial charge in [-0.05, 0) is 49.9 Å². The van der Waals surface area contributed by atoms with Crippen molar-refractivity contribution in [1.82, 2.24) is 10.2 Å². The number of hydrogen-bond donors (Lipinski definition) is 1. The summed E-state index contributed by atoms with van der Waals surface area (Å²) in [7, 11) is -3.85. The summed E-state index contributed by atoms with van der Waals surface area (Å²) < 4.78 is 38.2. The van der Waals surface area contributed by atoms with Crippen molar-refractivity contribution in [1.29, 1.82) is 0 Å². The number of halogens is 1. The molecule has 1 aliphatic carbocycles. The lowest BCUT2D eigenvalue weighted by Crippen LogP contribution is -2.54. The second kappa shape index (κ2) is 12.9. The lowest BCUT2D eigenvalue weighted by molar-refractivity contribution is -0.140.